The van der Waals surface area contributed by atoms with Crippen LogP contribution in [0, 0.1) is 11.8 Å². The van der Waals surface area contributed by atoms with E-state index in [1.165, 1.54) is 6.42 Å². The lowest BCUT2D eigenvalue weighted by Gasteiger charge is -2.39. The third-order valence-corrected chi connectivity index (χ3v) is 3.81. The lowest BCUT2D eigenvalue weighted by molar-refractivity contribution is -0.173. The van der Waals surface area contributed by atoms with Gasteiger partial charge in [0, 0.05) is 13.5 Å². The van der Waals surface area contributed by atoms with E-state index >= 15 is 0 Å². The number of methoxy groups -OCH3 is 1. The molecule has 0 aromatic heterocycles. The summed E-state index contributed by atoms with van der Waals surface area (Å²) in [5.74, 6) is 1.67. The number of carbonyl (C=O) groups excluding carboxylic acids is 1. The molecule has 0 aromatic rings. The average Bonchev–Trinajstić information content (AvgIpc) is 2.15. The third-order valence-electron chi connectivity index (χ3n) is 3.81. The van der Waals surface area contributed by atoms with Crippen LogP contribution in [0.3, 0.4) is 0 Å². The average molecular weight is 226 g/mol. The molecular weight excluding hydrogens is 204 g/mol. The summed E-state index contributed by atoms with van der Waals surface area (Å²) in [6.45, 7) is 4.57. The summed E-state index contributed by atoms with van der Waals surface area (Å²) in [7, 11) is 1.59. The van der Waals surface area contributed by atoms with E-state index in [4.69, 9.17) is 9.47 Å². The van der Waals surface area contributed by atoms with Crippen molar-refractivity contribution in [3.05, 3.63) is 0 Å². The fourth-order valence-electron chi connectivity index (χ4n) is 3.10. The van der Waals surface area contributed by atoms with Crippen LogP contribution in [-0.4, -0.2) is 31.2 Å². The second kappa shape index (κ2) is 4.84. The van der Waals surface area contributed by atoms with Crippen LogP contribution in [0.4, 0.5) is 0 Å². The lowest BCUT2D eigenvalue weighted by Crippen LogP contribution is -2.51. The predicted octanol–water partition coefficient (Wildman–Crippen LogP) is 2.18. The molecule has 0 bridgehead atoms. The van der Waals surface area contributed by atoms with Gasteiger partial charge in [0.2, 0.25) is 0 Å². The minimum absolute atomic E-state index is 0.0139. The number of Topliss-reactive ketones (excluding diaryl/α,β-unsaturated/α-hetero) is 1. The molecule has 0 spiro atoms. The Balaban J connectivity index is 1.83. The Bertz CT molecular complexity index is 254. The highest BCUT2D eigenvalue weighted by molar-refractivity contribution is 5.90. The van der Waals surface area contributed by atoms with Gasteiger partial charge in [0.05, 0.1) is 12.2 Å². The Kier molecular flexibility index (Phi) is 3.65. The van der Waals surface area contributed by atoms with E-state index in [1.807, 2.05) is 0 Å². The molecule has 0 saturated heterocycles. The summed E-state index contributed by atoms with van der Waals surface area (Å²) >= 11 is 0. The summed E-state index contributed by atoms with van der Waals surface area (Å²) in [5.41, 5.74) is 0. The molecule has 3 nitrogen and oxygen atoms in total. The van der Waals surface area contributed by atoms with E-state index in [-0.39, 0.29) is 18.0 Å². The summed E-state index contributed by atoms with van der Waals surface area (Å²) < 4.78 is 11.1. The topological polar surface area (TPSA) is 35.5 Å². The van der Waals surface area contributed by atoms with Gasteiger partial charge in [0.15, 0.2) is 5.78 Å². The fourth-order valence-corrected chi connectivity index (χ4v) is 3.10. The Morgan fingerprint density at radius 1 is 1.12 bits per heavy atom. The first kappa shape index (κ1) is 12.1. The van der Waals surface area contributed by atoms with E-state index in [0.29, 0.717) is 12.5 Å². The maximum atomic E-state index is 11.2. The van der Waals surface area contributed by atoms with Crippen LogP contribution >= 0.6 is 0 Å². The Morgan fingerprint density at radius 3 is 2.25 bits per heavy atom. The second-order valence-electron chi connectivity index (χ2n) is 5.54. The minimum atomic E-state index is -0.299. The van der Waals surface area contributed by atoms with Gasteiger partial charge >= 0.3 is 0 Å². The van der Waals surface area contributed by atoms with Crippen LogP contribution < -0.4 is 0 Å². The van der Waals surface area contributed by atoms with Crippen LogP contribution in [0.15, 0.2) is 0 Å². The number of hydrogen-bond donors (Lipinski definition) is 0. The molecule has 0 aromatic carbocycles. The molecule has 4 atom stereocenters. The molecule has 0 radical (unpaired) electrons. The summed E-state index contributed by atoms with van der Waals surface area (Å²) in [6.07, 6.45) is 4.15. The second-order valence-corrected chi connectivity index (χ2v) is 5.54. The van der Waals surface area contributed by atoms with Gasteiger partial charge in [0.1, 0.15) is 6.10 Å². The lowest BCUT2D eigenvalue weighted by atomic mass is 9.81. The fraction of sp³-hybridized carbons (Fsp3) is 0.923. The summed E-state index contributed by atoms with van der Waals surface area (Å²) in [6, 6.07) is 0. The molecule has 2 aliphatic rings. The molecular formula is C13H22O3. The van der Waals surface area contributed by atoms with Crippen LogP contribution in [0.25, 0.3) is 0 Å². The number of ketones is 1. The Hall–Kier alpha value is -0.410. The van der Waals surface area contributed by atoms with Crippen LogP contribution in [0.1, 0.15) is 39.5 Å². The predicted molar refractivity (Wildman–Crippen MR) is 61.3 cm³/mol. The SMILES string of the molecule is COC1C(=O)CC1OC1CC(C)CC(C)C1. The number of ether oxygens (including phenoxy) is 2. The highest BCUT2D eigenvalue weighted by atomic mass is 16.5. The monoisotopic (exact) mass is 226 g/mol. The first-order valence-corrected chi connectivity index (χ1v) is 6.31. The molecule has 4 unspecified atom stereocenters. The molecule has 92 valence electrons. The smallest absolute Gasteiger partial charge is 0.166 e. The van der Waals surface area contributed by atoms with E-state index in [1.54, 1.807) is 7.11 Å². The Labute approximate surface area is 97.5 Å². The highest BCUT2D eigenvalue weighted by Crippen LogP contribution is 2.33. The summed E-state index contributed by atoms with van der Waals surface area (Å²) in [5, 5.41) is 0. The van der Waals surface area contributed by atoms with Gasteiger partial charge in [0.25, 0.3) is 0 Å². The van der Waals surface area contributed by atoms with Crippen molar-refractivity contribution in [3.8, 4) is 0 Å². The van der Waals surface area contributed by atoms with Crippen LogP contribution in [-0.2, 0) is 14.3 Å². The van der Waals surface area contributed by atoms with Gasteiger partial charge in [-0.15, -0.1) is 0 Å². The Morgan fingerprint density at radius 2 is 1.75 bits per heavy atom. The van der Waals surface area contributed by atoms with E-state index < -0.39 is 0 Å². The molecule has 3 heteroatoms. The van der Waals surface area contributed by atoms with Crippen molar-refractivity contribution in [2.45, 2.75) is 57.8 Å². The molecule has 0 aliphatic heterocycles. The van der Waals surface area contributed by atoms with Gasteiger partial charge in [-0.25, -0.2) is 0 Å². The maximum absolute atomic E-state index is 11.2. The van der Waals surface area contributed by atoms with Gasteiger partial charge in [-0.1, -0.05) is 13.8 Å². The zero-order chi connectivity index (χ0) is 11.7. The molecule has 0 N–H and O–H groups in total. The standard InChI is InChI=1S/C13H22O3/c1-8-4-9(2)6-10(5-8)16-12-7-11(14)13(12)15-3/h8-10,12-13H,4-7H2,1-3H3. The first-order valence-electron chi connectivity index (χ1n) is 6.31. The molecule has 2 aliphatic carbocycles. The quantitative estimate of drug-likeness (QED) is 0.740. The van der Waals surface area contributed by atoms with Gasteiger partial charge in [-0.2, -0.15) is 0 Å². The van der Waals surface area contributed by atoms with Gasteiger partial charge in [-0.3, -0.25) is 4.79 Å². The zero-order valence-corrected chi connectivity index (χ0v) is 10.4. The first-order chi connectivity index (χ1) is 7.60. The van der Waals surface area contributed by atoms with Gasteiger partial charge < -0.3 is 9.47 Å². The molecule has 16 heavy (non-hydrogen) atoms. The van der Waals surface area contributed by atoms with Crippen molar-refractivity contribution in [2.24, 2.45) is 11.8 Å². The van der Waals surface area contributed by atoms with Gasteiger partial charge in [-0.05, 0) is 31.1 Å². The van der Waals surface area contributed by atoms with Crippen molar-refractivity contribution < 1.29 is 14.3 Å². The van der Waals surface area contributed by atoms with E-state index in [9.17, 15) is 4.79 Å². The third kappa shape index (κ3) is 2.46. The van der Waals surface area contributed by atoms with Crippen molar-refractivity contribution in [1.29, 1.82) is 0 Å². The largest absolute Gasteiger partial charge is 0.371 e. The molecule has 2 fully saturated rings. The highest BCUT2D eigenvalue weighted by Gasteiger charge is 2.42. The zero-order valence-electron chi connectivity index (χ0n) is 10.4. The normalized spacial score (nSPS) is 44.2. The minimum Gasteiger partial charge on any atom is -0.371 e. The van der Waals surface area contributed by atoms with Crippen molar-refractivity contribution in [2.75, 3.05) is 7.11 Å². The molecule has 2 saturated carbocycles. The molecule has 0 amide bonds. The van der Waals surface area contributed by atoms with E-state index in [0.717, 1.165) is 24.7 Å². The van der Waals surface area contributed by atoms with Crippen molar-refractivity contribution >= 4 is 5.78 Å². The molecule has 0 heterocycles. The number of rotatable bonds is 3. The summed E-state index contributed by atoms with van der Waals surface area (Å²) in [4.78, 5) is 11.2. The van der Waals surface area contributed by atoms with Crippen LogP contribution in [0.2, 0.25) is 0 Å². The van der Waals surface area contributed by atoms with Crippen LogP contribution in [0.5, 0.6) is 0 Å². The number of hydrogen-bond acceptors (Lipinski definition) is 3. The van der Waals surface area contributed by atoms with Crippen molar-refractivity contribution in [1.82, 2.24) is 0 Å². The van der Waals surface area contributed by atoms with Crippen molar-refractivity contribution in [3.63, 3.8) is 0 Å². The maximum Gasteiger partial charge on any atom is 0.166 e. The molecule has 2 rings (SSSR count). The van der Waals surface area contributed by atoms with E-state index in [2.05, 4.69) is 13.8 Å². The number of carbonyl (C=O) groups is 1.